The smallest absolute Gasteiger partial charge is 0.283 e. The van der Waals surface area contributed by atoms with E-state index in [1.165, 1.54) is 30.4 Å². The molecule has 0 saturated heterocycles. The normalized spacial score (nSPS) is 15.5. The summed E-state index contributed by atoms with van der Waals surface area (Å²) in [5.41, 5.74) is 5.03. The van der Waals surface area contributed by atoms with E-state index in [9.17, 15) is 14.0 Å². The highest BCUT2D eigenvalue weighted by Crippen LogP contribution is 2.30. The highest BCUT2D eigenvalue weighted by molar-refractivity contribution is 6.30. The predicted molar refractivity (Wildman–Crippen MR) is 93.1 cm³/mol. The zero-order chi connectivity index (χ0) is 18.5. The van der Waals surface area contributed by atoms with Crippen molar-refractivity contribution in [1.82, 2.24) is 10.9 Å². The second-order valence-electron chi connectivity index (χ2n) is 5.35. The molecule has 0 radical (unpaired) electrons. The molecule has 26 heavy (non-hydrogen) atoms. The average molecular weight is 377 g/mol. The van der Waals surface area contributed by atoms with Gasteiger partial charge in [-0.25, -0.2) is 4.39 Å². The Kier molecular flexibility index (Phi) is 5.38. The third kappa shape index (κ3) is 4.31. The van der Waals surface area contributed by atoms with E-state index in [1.54, 1.807) is 24.3 Å². The van der Waals surface area contributed by atoms with Crippen molar-refractivity contribution < 1.29 is 23.5 Å². The summed E-state index contributed by atoms with van der Waals surface area (Å²) in [4.78, 5) is 23.8. The molecule has 1 heterocycles. The molecule has 0 spiro atoms. The molecule has 0 saturated carbocycles. The molecule has 2 N–H and O–H groups in total. The summed E-state index contributed by atoms with van der Waals surface area (Å²) in [7, 11) is 0. The van der Waals surface area contributed by atoms with Crippen LogP contribution in [0.4, 0.5) is 4.39 Å². The first-order valence-electron chi connectivity index (χ1n) is 7.64. The van der Waals surface area contributed by atoms with Crippen LogP contribution in [0.1, 0.15) is 5.56 Å². The van der Waals surface area contributed by atoms with Crippen LogP contribution in [0.2, 0.25) is 5.02 Å². The van der Waals surface area contributed by atoms with Crippen molar-refractivity contribution in [1.29, 1.82) is 0 Å². The molecule has 2 amide bonds. The van der Waals surface area contributed by atoms with Crippen LogP contribution in [0, 0.1) is 5.82 Å². The topological polar surface area (TPSA) is 76.7 Å². The highest BCUT2D eigenvalue weighted by Gasteiger charge is 2.27. The van der Waals surface area contributed by atoms with Crippen molar-refractivity contribution in [3.8, 4) is 11.5 Å². The molecule has 1 unspecified atom stereocenters. The van der Waals surface area contributed by atoms with Crippen molar-refractivity contribution in [3.63, 3.8) is 0 Å². The molecule has 6 nitrogen and oxygen atoms in total. The highest BCUT2D eigenvalue weighted by atomic mass is 35.5. The Labute approximate surface area is 153 Å². The van der Waals surface area contributed by atoms with Crippen LogP contribution in [-0.2, 0) is 9.59 Å². The minimum absolute atomic E-state index is 0.0304. The Hall–Kier alpha value is -3.06. The zero-order valence-electron chi connectivity index (χ0n) is 13.4. The van der Waals surface area contributed by atoms with Crippen LogP contribution >= 0.6 is 11.6 Å². The summed E-state index contributed by atoms with van der Waals surface area (Å²) in [6, 6.07) is 11.0. The van der Waals surface area contributed by atoms with Gasteiger partial charge in [0, 0.05) is 6.08 Å². The summed E-state index contributed by atoms with van der Waals surface area (Å²) >= 11 is 5.66. The first-order valence-corrected chi connectivity index (χ1v) is 8.02. The van der Waals surface area contributed by atoms with Gasteiger partial charge in [-0.1, -0.05) is 29.8 Å². The van der Waals surface area contributed by atoms with Gasteiger partial charge in [0.15, 0.2) is 11.5 Å². The van der Waals surface area contributed by atoms with Crippen molar-refractivity contribution in [2.24, 2.45) is 0 Å². The monoisotopic (exact) mass is 376 g/mol. The second kappa shape index (κ2) is 7.88. The lowest BCUT2D eigenvalue weighted by Crippen LogP contribution is -2.50. The number of hydrazine groups is 1. The Morgan fingerprint density at radius 2 is 1.92 bits per heavy atom. The lowest BCUT2D eigenvalue weighted by Gasteiger charge is -2.25. The average Bonchev–Trinajstić information content (AvgIpc) is 2.66. The molecule has 2 aromatic rings. The number of amides is 2. The zero-order valence-corrected chi connectivity index (χ0v) is 14.1. The molecular formula is C18H14ClFN2O4. The molecule has 1 atom stereocenters. The molecule has 0 aliphatic carbocycles. The predicted octanol–water partition coefficient (Wildman–Crippen LogP) is 2.48. The third-order valence-electron chi connectivity index (χ3n) is 3.48. The lowest BCUT2D eigenvalue weighted by atomic mass is 10.2. The number of carbonyl (C=O) groups excluding carboxylic acids is 2. The van der Waals surface area contributed by atoms with Crippen molar-refractivity contribution in [2.75, 3.05) is 6.61 Å². The van der Waals surface area contributed by atoms with E-state index in [-0.39, 0.29) is 11.6 Å². The number of nitrogens with one attached hydrogen (secondary N) is 2. The quantitative estimate of drug-likeness (QED) is 0.637. The van der Waals surface area contributed by atoms with Gasteiger partial charge < -0.3 is 9.47 Å². The number of ether oxygens (including phenoxy) is 2. The number of hydrogen-bond acceptors (Lipinski definition) is 4. The molecule has 2 aromatic carbocycles. The maximum Gasteiger partial charge on any atom is 0.283 e. The largest absolute Gasteiger partial charge is 0.485 e. The number of para-hydroxylation sites is 2. The first kappa shape index (κ1) is 17.8. The van der Waals surface area contributed by atoms with Crippen molar-refractivity contribution in [3.05, 3.63) is 64.9 Å². The minimum atomic E-state index is -0.884. The summed E-state index contributed by atoms with van der Waals surface area (Å²) in [6.45, 7) is 0.0304. The summed E-state index contributed by atoms with van der Waals surface area (Å²) in [5.74, 6) is -0.654. The van der Waals surface area contributed by atoms with E-state index in [4.69, 9.17) is 21.1 Å². The van der Waals surface area contributed by atoms with Gasteiger partial charge in [-0.3, -0.25) is 20.4 Å². The van der Waals surface area contributed by atoms with Gasteiger partial charge in [-0.2, -0.15) is 0 Å². The molecule has 1 aliphatic rings. The standard InChI is InChI=1S/C18H14ClFN2O4/c19-12-9-11(5-7-13(12)20)6-8-17(23)21-22-18(24)16-10-25-14-3-1-2-4-15(14)26-16/h1-9,16H,10H2,(H,21,23)(H,22,24)/b8-6+. The van der Waals surface area contributed by atoms with E-state index in [0.717, 1.165) is 0 Å². The Bertz CT molecular complexity index is 872. The van der Waals surface area contributed by atoms with Gasteiger partial charge in [-0.15, -0.1) is 0 Å². The van der Waals surface area contributed by atoms with E-state index in [2.05, 4.69) is 10.9 Å². The molecule has 134 valence electrons. The fourth-order valence-corrected chi connectivity index (χ4v) is 2.37. The van der Waals surface area contributed by atoms with Crippen LogP contribution in [-0.4, -0.2) is 24.5 Å². The molecule has 1 aliphatic heterocycles. The number of carbonyl (C=O) groups is 2. The molecule has 0 bridgehead atoms. The molecule has 0 aromatic heterocycles. The van der Waals surface area contributed by atoms with Crippen LogP contribution < -0.4 is 20.3 Å². The second-order valence-corrected chi connectivity index (χ2v) is 5.76. The van der Waals surface area contributed by atoms with E-state index in [1.807, 2.05) is 0 Å². The van der Waals surface area contributed by atoms with Gasteiger partial charge >= 0.3 is 0 Å². The van der Waals surface area contributed by atoms with Crippen molar-refractivity contribution in [2.45, 2.75) is 6.10 Å². The Morgan fingerprint density at radius 1 is 1.15 bits per heavy atom. The van der Waals surface area contributed by atoms with Crippen LogP contribution in [0.15, 0.2) is 48.5 Å². The summed E-state index contributed by atoms with van der Waals surface area (Å²) in [5, 5.41) is -0.0458. The Balaban J connectivity index is 1.50. The van der Waals surface area contributed by atoms with Crippen molar-refractivity contribution >= 4 is 29.5 Å². The number of rotatable bonds is 3. The summed E-state index contributed by atoms with van der Waals surface area (Å²) < 4.78 is 24.0. The number of hydrogen-bond donors (Lipinski definition) is 2. The minimum Gasteiger partial charge on any atom is -0.485 e. The number of halogens is 2. The van der Waals surface area contributed by atoms with Crippen LogP contribution in [0.3, 0.4) is 0 Å². The fourth-order valence-electron chi connectivity index (χ4n) is 2.18. The van der Waals surface area contributed by atoms with Gasteiger partial charge in [0.05, 0.1) is 5.02 Å². The Morgan fingerprint density at radius 3 is 2.69 bits per heavy atom. The maximum absolute atomic E-state index is 13.1. The van der Waals surface area contributed by atoms with Gasteiger partial charge in [0.1, 0.15) is 12.4 Å². The maximum atomic E-state index is 13.1. The van der Waals surface area contributed by atoms with Gasteiger partial charge in [-0.05, 0) is 35.9 Å². The van der Waals surface area contributed by atoms with E-state index in [0.29, 0.717) is 17.1 Å². The number of fused-ring (bicyclic) bond motifs is 1. The number of benzene rings is 2. The lowest BCUT2D eigenvalue weighted by molar-refractivity contribution is -0.134. The third-order valence-corrected chi connectivity index (χ3v) is 3.77. The molecule has 0 fully saturated rings. The molecular weight excluding hydrogens is 363 g/mol. The van der Waals surface area contributed by atoms with Gasteiger partial charge in [0.2, 0.25) is 6.10 Å². The van der Waals surface area contributed by atoms with E-state index >= 15 is 0 Å². The first-order chi connectivity index (χ1) is 12.5. The van der Waals surface area contributed by atoms with E-state index < -0.39 is 23.7 Å². The summed E-state index contributed by atoms with van der Waals surface area (Å²) in [6.07, 6.45) is 1.73. The van der Waals surface area contributed by atoms with Crippen LogP contribution in [0.25, 0.3) is 6.08 Å². The SMILES string of the molecule is O=C(/C=C/c1ccc(F)c(Cl)c1)NNC(=O)C1COc2ccccc2O1. The molecule has 3 rings (SSSR count). The van der Waals surface area contributed by atoms with Crippen LogP contribution in [0.5, 0.6) is 11.5 Å². The molecule has 8 heteroatoms. The fraction of sp³-hybridized carbons (Fsp3) is 0.111. The van der Waals surface area contributed by atoms with Gasteiger partial charge in [0.25, 0.3) is 11.8 Å².